The zero-order valence-corrected chi connectivity index (χ0v) is 15.2. The molecule has 0 unspecified atom stereocenters. The first-order chi connectivity index (χ1) is 12.8. The van der Waals surface area contributed by atoms with Crippen LogP contribution in [0.1, 0.15) is 5.56 Å². The Morgan fingerprint density at radius 2 is 1.81 bits per heavy atom. The van der Waals surface area contributed by atoms with E-state index in [9.17, 15) is 0 Å². The van der Waals surface area contributed by atoms with Gasteiger partial charge in [-0.2, -0.15) is 0 Å². The number of methoxy groups -OCH3 is 1. The molecule has 4 aromatic rings. The summed E-state index contributed by atoms with van der Waals surface area (Å²) in [5, 5.41) is 9.63. The summed E-state index contributed by atoms with van der Waals surface area (Å²) in [6, 6.07) is 18.3. The maximum absolute atomic E-state index is 5.22. The zero-order valence-electron chi connectivity index (χ0n) is 14.4. The van der Waals surface area contributed by atoms with Gasteiger partial charge in [-0.3, -0.25) is 4.40 Å². The van der Waals surface area contributed by atoms with Crippen molar-refractivity contribution in [3.63, 3.8) is 0 Å². The lowest BCUT2D eigenvalue weighted by Crippen LogP contribution is -1.95. The molecule has 0 N–H and O–H groups in total. The fourth-order valence-corrected chi connectivity index (χ4v) is 3.69. The molecule has 0 amide bonds. The topological polar surface area (TPSA) is 52.3 Å². The Labute approximate surface area is 156 Å². The highest BCUT2D eigenvalue weighted by Crippen LogP contribution is 2.26. The summed E-state index contributed by atoms with van der Waals surface area (Å²) < 4.78 is 7.20. The minimum atomic E-state index is 0.788. The van der Waals surface area contributed by atoms with Crippen LogP contribution in [-0.4, -0.2) is 32.4 Å². The van der Waals surface area contributed by atoms with Crippen LogP contribution in [0.5, 0.6) is 5.75 Å². The summed E-state index contributed by atoms with van der Waals surface area (Å²) >= 11 is 1.70. The summed E-state index contributed by atoms with van der Waals surface area (Å²) in [4.78, 5) is 4.49. The lowest BCUT2D eigenvalue weighted by atomic mass is 10.2. The zero-order chi connectivity index (χ0) is 17.8. The van der Waals surface area contributed by atoms with Crippen molar-refractivity contribution >= 4 is 17.4 Å². The Kier molecular flexibility index (Phi) is 4.84. The quantitative estimate of drug-likeness (QED) is 0.483. The first-order valence-corrected chi connectivity index (χ1v) is 9.34. The number of benzene rings is 2. The van der Waals surface area contributed by atoms with Crippen molar-refractivity contribution < 1.29 is 4.74 Å². The predicted molar refractivity (Wildman–Crippen MR) is 104 cm³/mol. The van der Waals surface area contributed by atoms with Crippen molar-refractivity contribution in [2.24, 2.45) is 0 Å². The maximum atomic E-state index is 5.22. The second-order valence-corrected chi connectivity index (χ2v) is 6.85. The molecular formula is C20H18N4OS. The van der Waals surface area contributed by atoms with Crippen LogP contribution < -0.4 is 4.74 Å². The van der Waals surface area contributed by atoms with Gasteiger partial charge in [0.05, 0.1) is 7.11 Å². The van der Waals surface area contributed by atoms with Crippen LogP contribution in [0.2, 0.25) is 0 Å². The molecule has 6 heteroatoms. The highest BCUT2D eigenvalue weighted by molar-refractivity contribution is 7.99. The van der Waals surface area contributed by atoms with Crippen LogP contribution in [0.25, 0.3) is 17.0 Å². The normalized spacial score (nSPS) is 11.0. The average molecular weight is 362 g/mol. The molecule has 0 aliphatic rings. The van der Waals surface area contributed by atoms with Gasteiger partial charge in [0.15, 0.2) is 11.5 Å². The summed E-state index contributed by atoms with van der Waals surface area (Å²) in [6.07, 6.45) is 4.69. The summed E-state index contributed by atoms with van der Waals surface area (Å²) in [6.45, 7) is 0. The van der Waals surface area contributed by atoms with E-state index in [-0.39, 0.29) is 0 Å². The molecule has 0 bridgehead atoms. The van der Waals surface area contributed by atoms with Crippen LogP contribution in [-0.2, 0) is 6.42 Å². The molecule has 0 fully saturated rings. The number of aryl methyl sites for hydroxylation is 1. The number of rotatable bonds is 6. The lowest BCUT2D eigenvalue weighted by molar-refractivity contribution is 0.415. The van der Waals surface area contributed by atoms with E-state index in [0.29, 0.717) is 0 Å². The monoisotopic (exact) mass is 362 g/mol. The van der Waals surface area contributed by atoms with Crippen LogP contribution in [0.4, 0.5) is 0 Å². The number of thioether (sulfide) groups is 1. The third-order valence-corrected chi connectivity index (χ3v) is 5.08. The van der Waals surface area contributed by atoms with Crippen molar-refractivity contribution in [3.8, 4) is 17.1 Å². The van der Waals surface area contributed by atoms with Crippen LogP contribution in [0, 0.1) is 0 Å². The van der Waals surface area contributed by atoms with E-state index in [1.807, 2.05) is 40.9 Å². The number of hydrogen-bond donors (Lipinski definition) is 0. The second-order valence-electron chi connectivity index (χ2n) is 5.76. The van der Waals surface area contributed by atoms with E-state index >= 15 is 0 Å². The van der Waals surface area contributed by atoms with E-state index < -0.39 is 0 Å². The Balaban J connectivity index is 1.56. The Morgan fingerprint density at radius 1 is 1.00 bits per heavy atom. The Morgan fingerprint density at radius 3 is 2.58 bits per heavy atom. The second kappa shape index (κ2) is 7.58. The van der Waals surface area contributed by atoms with Gasteiger partial charge in [0.25, 0.3) is 0 Å². The molecule has 0 spiro atoms. The fourth-order valence-electron chi connectivity index (χ4n) is 2.75. The molecule has 0 aliphatic heterocycles. The van der Waals surface area contributed by atoms with Gasteiger partial charge in [0.1, 0.15) is 10.8 Å². The molecule has 0 saturated heterocycles. The van der Waals surface area contributed by atoms with Crippen LogP contribution in [0.15, 0.2) is 72.0 Å². The number of fused-ring (bicyclic) bond motifs is 1. The number of ether oxygens (including phenoxy) is 1. The largest absolute Gasteiger partial charge is 0.497 e. The molecule has 5 nitrogen and oxygen atoms in total. The summed E-state index contributed by atoms with van der Waals surface area (Å²) in [5.74, 6) is 2.57. The third kappa shape index (κ3) is 3.41. The molecule has 0 atom stereocenters. The summed E-state index contributed by atoms with van der Waals surface area (Å²) in [7, 11) is 1.66. The van der Waals surface area contributed by atoms with E-state index in [4.69, 9.17) is 4.74 Å². The van der Waals surface area contributed by atoms with Gasteiger partial charge >= 0.3 is 0 Å². The predicted octanol–water partition coefficient (Wildman–Crippen LogP) is 4.13. The smallest absolute Gasteiger partial charge is 0.193 e. The maximum Gasteiger partial charge on any atom is 0.193 e. The molecule has 0 radical (unpaired) electrons. The molecule has 2 aromatic heterocycles. The van der Waals surface area contributed by atoms with E-state index in [1.165, 1.54) is 5.56 Å². The first-order valence-electron chi connectivity index (χ1n) is 8.36. The van der Waals surface area contributed by atoms with Crippen molar-refractivity contribution in [3.05, 3.63) is 72.6 Å². The van der Waals surface area contributed by atoms with Crippen molar-refractivity contribution in [1.82, 2.24) is 19.6 Å². The highest BCUT2D eigenvalue weighted by atomic mass is 32.2. The molecule has 0 aliphatic carbocycles. The highest BCUT2D eigenvalue weighted by Gasteiger charge is 2.12. The third-order valence-electron chi connectivity index (χ3n) is 4.12. The molecule has 26 heavy (non-hydrogen) atoms. The first kappa shape index (κ1) is 16.6. The SMILES string of the molecule is COc1ccc(-c2nnc3c(SCCc4ccccc4)nccn23)cc1. The van der Waals surface area contributed by atoms with Gasteiger partial charge in [-0.15, -0.1) is 22.0 Å². The van der Waals surface area contributed by atoms with E-state index in [0.717, 1.165) is 40.0 Å². The van der Waals surface area contributed by atoms with E-state index in [2.05, 4.69) is 39.4 Å². The minimum Gasteiger partial charge on any atom is -0.497 e. The Bertz CT molecular complexity index is 999. The standard InChI is InChI=1S/C20H18N4OS/c1-25-17-9-7-16(8-10-17)18-22-23-19-20(21-12-13-24(18)19)26-14-11-15-5-3-2-4-6-15/h2-10,12-13H,11,14H2,1H3. The van der Waals surface area contributed by atoms with Crippen LogP contribution >= 0.6 is 11.8 Å². The molecule has 4 rings (SSSR count). The molecule has 0 saturated carbocycles. The van der Waals surface area contributed by atoms with Crippen LogP contribution in [0.3, 0.4) is 0 Å². The molecule has 130 valence electrons. The van der Waals surface area contributed by atoms with Crippen molar-refractivity contribution in [2.45, 2.75) is 11.4 Å². The Hall–Kier alpha value is -2.86. The van der Waals surface area contributed by atoms with Gasteiger partial charge in [-0.1, -0.05) is 30.3 Å². The van der Waals surface area contributed by atoms with E-state index in [1.54, 1.807) is 25.1 Å². The molecular weight excluding hydrogens is 344 g/mol. The van der Waals surface area contributed by atoms with Gasteiger partial charge in [0.2, 0.25) is 0 Å². The van der Waals surface area contributed by atoms with Crippen molar-refractivity contribution in [2.75, 3.05) is 12.9 Å². The van der Waals surface area contributed by atoms with Gasteiger partial charge < -0.3 is 4.74 Å². The summed E-state index contributed by atoms with van der Waals surface area (Å²) in [5.41, 5.74) is 3.11. The average Bonchev–Trinajstić information content (AvgIpc) is 3.14. The van der Waals surface area contributed by atoms with Crippen molar-refractivity contribution in [1.29, 1.82) is 0 Å². The minimum absolute atomic E-state index is 0.788. The molecule has 2 heterocycles. The lowest BCUT2D eigenvalue weighted by Gasteiger charge is -2.05. The molecule has 2 aromatic carbocycles. The van der Waals surface area contributed by atoms with Gasteiger partial charge in [0, 0.05) is 23.7 Å². The van der Waals surface area contributed by atoms with Gasteiger partial charge in [-0.05, 0) is 36.2 Å². The fraction of sp³-hybridized carbons (Fsp3) is 0.150. The number of hydrogen-bond acceptors (Lipinski definition) is 5. The number of nitrogens with zero attached hydrogens (tertiary/aromatic N) is 4. The number of aromatic nitrogens is 4. The van der Waals surface area contributed by atoms with Gasteiger partial charge in [-0.25, -0.2) is 4.98 Å².